The molecule has 0 amide bonds. The van der Waals surface area contributed by atoms with Crippen LogP contribution in [0.1, 0.15) is 18.1 Å². The van der Waals surface area contributed by atoms with Gasteiger partial charge in [0.15, 0.2) is 0 Å². The number of rotatable bonds is 8. The minimum Gasteiger partial charge on any atom is -0.497 e. The zero-order valence-electron chi connectivity index (χ0n) is 14.2. The first-order valence-corrected chi connectivity index (χ1v) is 9.28. The summed E-state index contributed by atoms with van der Waals surface area (Å²) in [5.41, 5.74) is 1.99. The summed E-state index contributed by atoms with van der Waals surface area (Å²) in [5.74, 6) is 1.13. The molecule has 0 aliphatic heterocycles. The molecule has 0 aliphatic carbocycles. The molecule has 5 nitrogen and oxygen atoms in total. The molecule has 0 heterocycles. The number of nitrogens with one attached hydrogen (secondary N) is 1. The van der Waals surface area contributed by atoms with Crippen LogP contribution < -0.4 is 14.2 Å². The summed E-state index contributed by atoms with van der Waals surface area (Å²) in [6, 6.07) is 12.8. The largest absolute Gasteiger partial charge is 0.497 e. The van der Waals surface area contributed by atoms with Crippen molar-refractivity contribution >= 4 is 10.0 Å². The Labute approximate surface area is 143 Å². The minimum atomic E-state index is -3.62. The van der Waals surface area contributed by atoms with E-state index in [1.54, 1.807) is 19.2 Å². The Kier molecular flexibility index (Phi) is 6.23. The van der Waals surface area contributed by atoms with Crippen LogP contribution in [0.5, 0.6) is 11.5 Å². The fourth-order valence-electron chi connectivity index (χ4n) is 2.35. The van der Waals surface area contributed by atoms with Crippen molar-refractivity contribution in [1.82, 2.24) is 4.72 Å². The molecule has 0 bridgehead atoms. The van der Waals surface area contributed by atoms with E-state index < -0.39 is 10.0 Å². The summed E-state index contributed by atoms with van der Waals surface area (Å²) in [7, 11) is -0.537. The molecule has 2 aromatic carbocycles. The molecule has 130 valence electrons. The second-order valence-electron chi connectivity index (χ2n) is 5.33. The molecule has 0 unspecified atom stereocenters. The standard InChI is InChI=1S/C18H23NO4S/c1-4-14-7-10-17(23-3)18(13-14)24(20,21)19-12-11-15-5-8-16(22-2)9-6-15/h5-10,13,19H,4,11-12H2,1-3H3. The Morgan fingerprint density at radius 3 is 2.21 bits per heavy atom. The second kappa shape index (κ2) is 8.17. The van der Waals surface area contributed by atoms with E-state index >= 15 is 0 Å². The number of hydrogen-bond acceptors (Lipinski definition) is 4. The van der Waals surface area contributed by atoms with Gasteiger partial charge in [0.1, 0.15) is 16.4 Å². The Balaban J connectivity index is 2.07. The smallest absolute Gasteiger partial charge is 0.244 e. The minimum absolute atomic E-state index is 0.180. The van der Waals surface area contributed by atoms with Gasteiger partial charge in [-0.3, -0.25) is 0 Å². The first-order valence-electron chi connectivity index (χ1n) is 7.79. The van der Waals surface area contributed by atoms with E-state index in [1.807, 2.05) is 37.3 Å². The number of aryl methyl sites for hydroxylation is 1. The van der Waals surface area contributed by atoms with E-state index in [1.165, 1.54) is 7.11 Å². The van der Waals surface area contributed by atoms with Crippen molar-refractivity contribution in [2.45, 2.75) is 24.7 Å². The van der Waals surface area contributed by atoms with Gasteiger partial charge in [-0.25, -0.2) is 13.1 Å². The quantitative estimate of drug-likeness (QED) is 0.796. The van der Waals surface area contributed by atoms with Crippen molar-refractivity contribution in [1.29, 1.82) is 0 Å². The molecule has 24 heavy (non-hydrogen) atoms. The SMILES string of the molecule is CCc1ccc(OC)c(S(=O)(=O)NCCc2ccc(OC)cc2)c1. The number of ether oxygens (including phenoxy) is 2. The maximum absolute atomic E-state index is 12.6. The van der Waals surface area contributed by atoms with Crippen LogP contribution in [-0.2, 0) is 22.9 Å². The first kappa shape index (κ1) is 18.3. The van der Waals surface area contributed by atoms with Crippen LogP contribution in [0.2, 0.25) is 0 Å². The summed E-state index contributed by atoms with van der Waals surface area (Å²) in [4.78, 5) is 0.180. The van der Waals surface area contributed by atoms with Gasteiger partial charge in [-0.2, -0.15) is 0 Å². The van der Waals surface area contributed by atoms with Crippen LogP contribution in [0, 0.1) is 0 Å². The van der Waals surface area contributed by atoms with Gasteiger partial charge >= 0.3 is 0 Å². The zero-order valence-corrected chi connectivity index (χ0v) is 15.0. The number of benzene rings is 2. The summed E-state index contributed by atoms with van der Waals surface area (Å²) < 4.78 is 38.1. The van der Waals surface area contributed by atoms with Gasteiger partial charge in [-0.05, 0) is 48.2 Å². The van der Waals surface area contributed by atoms with Gasteiger partial charge in [-0.15, -0.1) is 0 Å². The van der Waals surface area contributed by atoms with Crippen molar-refractivity contribution in [3.63, 3.8) is 0 Å². The molecular weight excluding hydrogens is 326 g/mol. The fourth-order valence-corrected chi connectivity index (χ4v) is 3.60. The average Bonchev–Trinajstić information content (AvgIpc) is 2.61. The number of hydrogen-bond donors (Lipinski definition) is 1. The van der Waals surface area contributed by atoms with Crippen molar-refractivity contribution < 1.29 is 17.9 Å². The lowest BCUT2D eigenvalue weighted by Crippen LogP contribution is -2.26. The van der Waals surface area contributed by atoms with Crippen molar-refractivity contribution in [3.05, 3.63) is 53.6 Å². The molecule has 0 aromatic heterocycles. The third kappa shape index (κ3) is 4.49. The molecule has 0 atom stereocenters. The van der Waals surface area contributed by atoms with Crippen molar-refractivity contribution in [3.8, 4) is 11.5 Å². The maximum atomic E-state index is 12.6. The van der Waals surface area contributed by atoms with Gasteiger partial charge in [-0.1, -0.05) is 25.1 Å². The van der Waals surface area contributed by atoms with Crippen molar-refractivity contribution in [2.75, 3.05) is 20.8 Å². The molecule has 2 rings (SSSR count). The molecule has 0 spiro atoms. The normalized spacial score (nSPS) is 11.3. The van der Waals surface area contributed by atoms with Crippen LogP contribution >= 0.6 is 0 Å². The first-order chi connectivity index (χ1) is 11.5. The van der Waals surface area contributed by atoms with Crippen LogP contribution in [-0.4, -0.2) is 29.2 Å². The third-order valence-electron chi connectivity index (χ3n) is 3.79. The van der Waals surface area contributed by atoms with Crippen molar-refractivity contribution in [2.24, 2.45) is 0 Å². The molecular formula is C18H23NO4S. The van der Waals surface area contributed by atoms with Crippen LogP contribution in [0.25, 0.3) is 0 Å². The highest BCUT2D eigenvalue weighted by Gasteiger charge is 2.19. The highest BCUT2D eigenvalue weighted by atomic mass is 32.2. The molecule has 1 N–H and O–H groups in total. The molecule has 6 heteroatoms. The summed E-state index contributed by atoms with van der Waals surface area (Å²) in [5, 5.41) is 0. The molecule has 0 saturated carbocycles. The van der Waals surface area contributed by atoms with E-state index in [2.05, 4.69) is 4.72 Å². The predicted molar refractivity (Wildman–Crippen MR) is 94.3 cm³/mol. The Morgan fingerprint density at radius 1 is 0.958 bits per heavy atom. The molecule has 2 aromatic rings. The zero-order chi connectivity index (χ0) is 17.6. The Hall–Kier alpha value is -2.05. The molecule has 0 fully saturated rings. The number of sulfonamides is 1. The van der Waals surface area contributed by atoms with E-state index in [0.29, 0.717) is 18.7 Å². The van der Waals surface area contributed by atoms with Gasteiger partial charge < -0.3 is 9.47 Å². The predicted octanol–water partition coefficient (Wildman–Crippen LogP) is 2.79. The summed E-state index contributed by atoms with van der Waals surface area (Å²) in [6.07, 6.45) is 1.36. The van der Waals surface area contributed by atoms with Crippen LogP contribution in [0.3, 0.4) is 0 Å². The van der Waals surface area contributed by atoms with Crippen LogP contribution in [0.15, 0.2) is 47.4 Å². The molecule has 0 saturated heterocycles. The van der Waals surface area contributed by atoms with Crippen LogP contribution in [0.4, 0.5) is 0 Å². The van der Waals surface area contributed by atoms with E-state index in [4.69, 9.17) is 9.47 Å². The molecule has 0 aliphatic rings. The third-order valence-corrected chi connectivity index (χ3v) is 5.27. The monoisotopic (exact) mass is 349 g/mol. The topological polar surface area (TPSA) is 64.6 Å². The maximum Gasteiger partial charge on any atom is 0.244 e. The lowest BCUT2D eigenvalue weighted by molar-refractivity contribution is 0.402. The number of methoxy groups -OCH3 is 2. The lowest BCUT2D eigenvalue weighted by atomic mass is 10.1. The summed E-state index contributed by atoms with van der Waals surface area (Å²) in [6.45, 7) is 2.30. The fraction of sp³-hybridized carbons (Fsp3) is 0.333. The van der Waals surface area contributed by atoms with Gasteiger partial charge in [0.2, 0.25) is 10.0 Å². The second-order valence-corrected chi connectivity index (χ2v) is 7.07. The lowest BCUT2D eigenvalue weighted by Gasteiger charge is -2.12. The van der Waals surface area contributed by atoms with E-state index in [9.17, 15) is 8.42 Å². The van der Waals surface area contributed by atoms with Gasteiger partial charge in [0, 0.05) is 6.54 Å². The van der Waals surface area contributed by atoms with E-state index in [-0.39, 0.29) is 4.90 Å². The molecule has 0 radical (unpaired) electrons. The van der Waals surface area contributed by atoms with E-state index in [0.717, 1.165) is 23.3 Å². The van der Waals surface area contributed by atoms with Gasteiger partial charge in [0.25, 0.3) is 0 Å². The highest BCUT2D eigenvalue weighted by molar-refractivity contribution is 7.89. The van der Waals surface area contributed by atoms with Gasteiger partial charge in [0.05, 0.1) is 14.2 Å². The Bertz CT molecular complexity index is 770. The average molecular weight is 349 g/mol. The summed E-state index contributed by atoms with van der Waals surface area (Å²) >= 11 is 0. The Morgan fingerprint density at radius 2 is 1.62 bits per heavy atom. The highest BCUT2D eigenvalue weighted by Crippen LogP contribution is 2.25.